The van der Waals surface area contributed by atoms with Crippen LogP contribution in [0.5, 0.6) is 5.75 Å². The second kappa shape index (κ2) is 7.49. The van der Waals surface area contributed by atoms with Crippen LogP contribution in [0.25, 0.3) is 0 Å². The number of rotatable bonds is 3. The average molecular weight is 286 g/mol. The van der Waals surface area contributed by atoms with E-state index in [9.17, 15) is 0 Å². The molecule has 2 rings (SSSR count). The molecule has 3 nitrogen and oxygen atoms in total. The number of benzene rings is 1. The van der Waals surface area contributed by atoms with E-state index in [1.54, 1.807) is 7.11 Å². The lowest BCUT2D eigenvalue weighted by Crippen LogP contribution is -2.42. The number of likely N-dealkylation sites (tertiary alicyclic amines) is 1. The number of nitrogens with zero attached hydrogens (tertiary/aromatic N) is 1. The van der Waals surface area contributed by atoms with Crippen molar-refractivity contribution in [1.82, 2.24) is 4.90 Å². The van der Waals surface area contributed by atoms with Gasteiger partial charge in [-0.2, -0.15) is 0 Å². The molecule has 1 aromatic carbocycles. The molecule has 1 fully saturated rings. The van der Waals surface area contributed by atoms with Crippen LogP contribution in [0.2, 0.25) is 0 Å². The van der Waals surface area contributed by atoms with Crippen LogP contribution >= 0.6 is 0 Å². The summed E-state index contributed by atoms with van der Waals surface area (Å²) in [5, 5.41) is 0. The van der Waals surface area contributed by atoms with E-state index in [0.717, 1.165) is 17.9 Å². The zero-order chi connectivity index (χ0) is 15.2. The smallest absolute Gasteiger partial charge is 0.134 e. The van der Waals surface area contributed by atoms with Gasteiger partial charge in [0.2, 0.25) is 0 Å². The van der Waals surface area contributed by atoms with Gasteiger partial charge in [0, 0.05) is 18.6 Å². The van der Waals surface area contributed by atoms with Crippen LogP contribution in [-0.2, 0) is 6.54 Å². The molecule has 1 saturated heterocycles. The largest absolute Gasteiger partial charge is 0.495 e. The fourth-order valence-electron chi connectivity index (χ4n) is 3.09. The van der Waals surface area contributed by atoms with Crippen LogP contribution in [-0.4, -0.2) is 30.6 Å². The Hall–Kier alpha value is -1.50. The summed E-state index contributed by atoms with van der Waals surface area (Å²) in [6, 6.07) is 7.58. The van der Waals surface area contributed by atoms with Gasteiger partial charge in [-0.25, -0.2) is 0 Å². The first-order valence-corrected chi connectivity index (χ1v) is 7.77. The van der Waals surface area contributed by atoms with E-state index in [-0.39, 0.29) is 0 Å². The maximum absolute atomic E-state index is 5.47. The summed E-state index contributed by atoms with van der Waals surface area (Å²) in [4.78, 5) is 2.59. The molecule has 0 radical (unpaired) electrons. The van der Waals surface area contributed by atoms with E-state index in [4.69, 9.17) is 10.5 Å². The SMILES string of the molecule is COc1ccc(CN2C(C)CCCC2C)cc1C#CCN. The normalized spacial score (nSPS) is 22.5. The lowest BCUT2D eigenvalue weighted by atomic mass is 9.96. The molecular weight excluding hydrogens is 260 g/mol. The Balaban J connectivity index is 2.20. The van der Waals surface area contributed by atoms with E-state index in [2.05, 4.69) is 42.7 Å². The molecule has 0 spiro atoms. The monoisotopic (exact) mass is 286 g/mol. The Bertz CT molecular complexity index is 520. The van der Waals surface area contributed by atoms with Gasteiger partial charge in [0.05, 0.1) is 19.2 Å². The molecule has 0 aliphatic carbocycles. The first-order valence-electron chi connectivity index (χ1n) is 7.77. The van der Waals surface area contributed by atoms with Crippen molar-refractivity contribution >= 4 is 0 Å². The lowest BCUT2D eigenvalue weighted by molar-refractivity contribution is 0.0952. The molecule has 114 valence electrons. The Morgan fingerprint density at radius 1 is 1.29 bits per heavy atom. The van der Waals surface area contributed by atoms with Crippen molar-refractivity contribution in [3.8, 4) is 17.6 Å². The summed E-state index contributed by atoms with van der Waals surface area (Å²) in [7, 11) is 1.68. The van der Waals surface area contributed by atoms with E-state index >= 15 is 0 Å². The number of nitrogens with two attached hydrogens (primary N) is 1. The van der Waals surface area contributed by atoms with Gasteiger partial charge in [0.25, 0.3) is 0 Å². The fraction of sp³-hybridized carbons (Fsp3) is 0.556. The van der Waals surface area contributed by atoms with E-state index in [0.29, 0.717) is 18.6 Å². The van der Waals surface area contributed by atoms with Crippen molar-refractivity contribution in [3.05, 3.63) is 29.3 Å². The molecule has 0 aromatic heterocycles. The van der Waals surface area contributed by atoms with Crippen molar-refractivity contribution in [2.45, 2.75) is 51.7 Å². The fourth-order valence-corrected chi connectivity index (χ4v) is 3.09. The third-order valence-corrected chi connectivity index (χ3v) is 4.33. The van der Waals surface area contributed by atoms with Gasteiger partial charge in [0.1, 0.15) is 5.75 Å². The average Bonchev–Trinajstić information content (AvgIpc) is 2.49. The van der Waals surface area contributed by atoms with Gasteiger partial charge in [0.15, 0.2) is 0 Å². The van der Waals surface area contributed by atoms with Crippen LogP contribution in [0, 0.1) is 11.8 Å². The Labute approximate surface area is 128 Å². The predicted molar refractivity (Wildman–Crippen MR) is 87.2 cm³/mol. The zero-order valence-electron chi connectivity index (χ0n) is 13.4. The highest BCUT2D eigenvalue weighted by molar-refractivity contribution is 5.48. The van der Waals surface area contributed by atoms with Crippen LogP contribution in [0.4, 0.5) is 0 Å². The molecule has 2 atom stereocenters. The minimum absolute atomic E-state index is 0.369. The van der Waals surface area contributed by atoms with Crippen molar-refractivity contribution in [2.75, 3.05) is 13.7 Å². The molecule has 1 heterocycles. The number of methoxy groups -OCH3 is 1. The van der Waals surface area contributed by atoms with Crippen molar-refractivity contribution in [2.24, 2.45) is 5.73 Å². The van der Waals surface area contributed by atoms with Crippen LogP contribution < -0.4 is 10.5 Å². The van der Waals surface area contributed by atoms with Gasteiger partial charge in [-0.05, 0) is 44.4 Å². The minimum Gasteiger partial charge on any atom is -0.495 e. The van der Waals surface area contributed by atoms with Gasteiger partial charge in [-0.15, -0.1) is 0 Å². The van der Waals surface area contributed by atoms with Crippen LogP contribution in [0.1, 0.15) is 44.2 Å². The van der Waals surface area contributed by atoms with E-state index in [1.807, 2.05) is 6.07 Å². The number of hydrogen-bond acceptors (Lipinski definition) is 3. The summed E-state index contributed by atoms with van der Waals surface area (Å²) >= 11 is 0. The van der Waals surface area contributed by atoms with Crippen LogP contribution in [0.15, 0.2) is 18.2 Å². The first kappa shape index (κ1) is 15.9. The molecule has 2 N–H and O–H groups in total. The third kappa shape index (κ3) is 4.00. The van der Waals surface area contributed by atoms with Crippen molar-refractivity contribution < 1.29 is 4.74 Å². The van der Waals surface area contributed by atoms with Gasteiger partial charge in [-0.3, -0.25) is 4.90 Å². The summed E-state index contributed by atoms with van der Waals surface area (Å²) in [6.45, 7) is 6.00. The minimum atomic E-state index is 0.369. The zero-order valence-corrected chi connectivity index (χ0v) is 13.4. The molecule has 3 heteroatoms. The summed E-state index contributed by atoms with van der Waals surface area (Å²) in [5.41, 5.74) is 7.69. The molecule has 21 heavy (non-hydrogen) atoms. The first-order chi connectivity index (χ1) is 10.2. The third-order valence-electron chi connectivity index (χ3n) is 4.33. The van der Waals surface area contributed by atoms with E-state index in [1.165, 1.54) is 24.8 Å². The van der Waals surface area contributed by atoms with Gasteiger partial charge >= 0.3 is 0 Å². The van der Waals surface area contributed by atoms with Crippen molar-refractivity contribution in [3.63, 3.8) is 0 Å². The molecule has 2 unspecified atom stereocenters. The summed E-state index contributed by atoms with van der Waals surface area (Å²) in [6.07, 6.45) is 3.93. The molecule has 0 bridgehead atoms. The Morgan fingerprint density at radius 3 is 2.62 bits per heavy atom. The summed E-state index contributed by atoms with van der Waals surface area (Å²) in [5.74, 6) is 6.84. The molecule has 1 aliphatic heterocycles. The highest BCUT2D eigenvalue weighted by atomic mass is 16.5. The number of piperidine rings is 1. The molecule has 1 aliphatic rings. The topological polar surface area (TPSA) is 38.5 Å². The highest BCUT2D eigenvalue weighted by Gasteiger charge is 2.24. The van der Waals surface area contributed by atoms with Gasteiger partial charge in [-0.1, -0.05) is 24.3 Å². The molecule has 0 saturated carbocycles. The van der Waals surface area contributed by atoms with Crippen molar-refractivity contribution in [1.29, 1.82) is 0 Å². The Morgan fingerprint density at radius 2 is 2.00 bits per heavy atom. The van der Waals surface area contributed by atoms with E-state index < -0.39 is 0 Å². The molecule has 0 amide bonds. The number of hydrogen-bond donors (Lipinski definition) is 1. The standard InChI is InChI=1S/C18H26N2O/c1-14-6-4-7-15(2)20(14)13-16-9-10-18(21-3)17(12-16)8-5-11-19/h9-10,12,14-15H,4,6-7,11,13,19H2,1-3H3. The molecule has 1 aromatic rings. The van der Waals surface area contributed by atoms with Gasteiger partial charge < -0.3 is 10.5 Å². The second-order valence-corrected chi connectivity index (χ2v) is 5.84. The highest BCUT2D eigenvalue weighted by Crippen LogP contribution is 2.26. The maximum atomic E-state index is 5.47. The molecular formula is C18H26N2O. The number of ether oxygens (including phenoxy) is 1. The lowest BCUT2D eigenvalue weighted by Gasteiger charge is -2.39. The Kier molecular flexibility index (Phi) is 5.67. The summed E-state index contributed by atoms with van der Waals surface area (Å²) < 4.78 is 5.37. The second-order valence-electron chi connectivity index (χ2n) is 5.84. The predicted octanol–water partition coefficient (Wildman–Crippen LogP) is 2.77. The quantitative estimate of drug-likeness (QED) is 0.868. The maximum Gasteiger partial charge on any atom is 0.134 e. The van der Waals surface area contributed by atoms with Crippen LogP contribution in [0.3, 0.4) is 0 Å².